The van der Waals surface area contributed by atoms with Gasteiger partial charge in [0, 0.05) is 87.7 Å². The van der Waals surface area contributed by atoms with Gasteiger partial charge in [-0.25, -0.2) is 19.6 Å². The number of fused-ring (bicyclic) bond motifs is 2. The number of pyridine rings is 2. The summed E-state index contributed by atoms with van der Waals surface area (Å²) >= 11 is 11.8. The average molecular weight is 938 g/mol. The molecule has 0 aliphatic carbocycles. The summed E-state index contributed by atoms with van der Waals surface area (Å²) in [7, 11) is -7.44. The van der Waals surface area contributed by atoms with E-state index in [2.05, 4.69) is 45.2 Å². The Bertz CT molecular complexity index is 2680. The number of rotatable bonds is 6. The molecule has 6 aromatic rings. The quantitative estimate of drug-likeness (QED) is 0.0394. The Balaban J connectivity index is 0.000000173. The first-order valence-corrected chi connectivity index (χ1v) is 20.4. The van der Waals surface area contributed by atoms with Crippen molar-refractivity contribution in [1.82, 2.24) is 40.2 Å². The minimum absolute atomic E-state index is 0.0651. The van der Waals surface area contributed by atoms with Gasteiger partial charge in [0.05, 0.1) is 24.3 Å². The standard InChI is InChI=1S/C18H15ClFN5O.C14H12ClF3N4O4S.C5H5BFNO2/c19-12-2-1-3-13(8-12)22-18(26)25-7-6-15-14(10-25)17(24-23-15)11-4-5-16(20)21-9-11;15-8-2-1-3-9(6-8)19-13(23)22-5-4-11-10(7-22)12(21-20-11)26-27(24,25)14(16,17)18;7-5-2-1-4(3-8-5)6(9)10/h1-5,8-9H,6-7,10H2,(H,22,26)(H,23,24);1-3,6H,4-5,7H2,(H,19,23)(H,20,21);1-3,9-10H. The van der Waals surface area contributed by atoms with E-state index in [-0.39, 0.29) is 36.6 Å². The Morgan fingerprint density at radius 3 is 1.78 bits per heavy atom. The Hall–Kier alpha value is -6.34. The van der Waals surface area contributed by atoms with Crippen LogP contribution in [0.25, 0.3) is 11.3 Å². The number of anilines is 2. The molecule has 0 spiro atoms. The third-order valence-corrected chi connectivity index (χ3v) is 10.5. The number of aromatic amines is 2. The van der Waals surface area contributed by atoms with Crippen molar-refractivity contribution in [3.05, 3.63) is 130 Å². The molecular weight excluding hydrogens is 905 g/mol. The maximum atomic E-state index is 13.1. The molecule has 2 aliphatic heterocycles. The highest BCUT2D eigenvalue weighted by Crippen LogP contribution is 2.32. The number of amides is 4. The van der Waals surface area contributed by atoms with Gasteiger partial charge in [-0.2, -0.15) is 35.5 Å². The van der Waals surface area contributed by atoms with Crippen molar-refractivity contribution in [2.45, 2.75) is 31.4 Å². The van der Waals surface area contributed by atoms with E-state index in [1.54, 1.807) is 53.4 Å². The molecule has 0 atom stereocenters. The lowest BCUT2D eigenvalue weighted by molar-refractivity contribution is -0.0501. The fourth-order valence-electron chi connectivity index (χ4n) is 5.96. The molecule has 0 radical (unpaired) electrons. The number of aromatic nitrogens is 6. The molecule has 8 rings (SSSR count). The molecule has 6 N–H and O–H groups in total. The highest BCUT2D eigenvalue weighted by molar-refractivity contribution is 7.88. The second-order valence-corrected chi connectivity index (χ2v) is 15.8. The first-order valence-electron chi connectivity index (χ1n) is 18.2. The van der Waals surface area contributed by atoms with Crippen molar-refractivity contribution in [3.8, 4) is 17.1 Å². The Labute approximate surface area is 364 Å². The van der Waals surface area contributed by atoms with Crippen molar-refractivity contribution >= 4 is 69.3 Å². The zero-order chi connectivity index (χ0) is 45.5. The van der Waals surface area contributed by atoms with Gasteiger partial charge >= 0.3 is 34.8 Å². The van der Waals surface area contributed by atoms with Crippen LogP contribution in [-0.2, 0) is 36.0 Å². The number of nitrogens with one attached hydrogen (secondary N) is 4. The normalized spacial score (nSPS) is 13.3. The fraction of sp³-hybridized carbons (Fsp3) is 0.189. The van der Waals surface area contributed by atoms with Crippen molar-refractivity contribution in [3.63, 3.8) is 0 Å². The monoisotopic (exact) mass is 936 g/mol. The highest BCUT2D eigenvalue weighted by atomic mass is 35.5. The van der Waals surface area contributed by atoms with Crippen molar-refractivity contribution in [1.29, 1.82) is 0 Å². The van der Waals surface area contributed by atoms with E-state index in [1.165, 1.54) is 29.3 Å². The van der Waals surface area contributed by atoms with Crippen LogP contribution in [0.15, 0.2) is 85.2 Å². The lowest BCUT2D eigenvalue weighted by Gasteiger charge is -2.27. The number of hydrogen-bond acceptors (Lipinski definition) is 11. The maximum Gasteiger partial charge on any atom is 0.534 e. The average Bonchev–Trinajstić information content (AvgIpc) is 3.84. The number of benzene rings is 2. The second-order valence-electron chi connectivity index (χ2n) is 13.4. The molecule has 0 fully saturated rings. The van der Waals surface area contributed by atoms with Gasteiger partial charge in [0.25, 0.3) is 5.88 Å². The van der Waals surface area contributed by atoms with Crippen LogP contribution in [-0.4, -0.2) is 96.4 Å². The Morgan fingerprint density at radius 2 is 1.29 bits per heavy atom. The zero-order valence-corrected chi connectivity index (χ0v) is 34.4. The van der Waals surface area contributed by atoms with Crippen LogP contribution in [0.1, 0.15) is 22.5 Å². The molecule has 0 saturated carbocycles. The van der Waals surface area contributed by atoms with Gasteiger partial charge in [0.1, 0.15) is 0 Å². The Kier molecular flexibility index (Phi) is 14.5. The van der Waals surface area contributed by atoms with Crippen molar-refractivity contribution < 1.29 is 54.2 Å². The van der Waals surface area contributed by atoms with Crippen LogP contribution >= 0.6 is 23.2 Å². The van der Waals surface area contributed by atoms with E-state index in [0.717, 1.165) is 23.5 Å². The first-order chi connectivity index (χ1) is 29.9. The van der Waals surface area contributed by atoms with Crippen LogP contribution in [0.4, 0.5) is 42.9 Å². The molecule has 0 saturated heterocycles. The lowest BCUT2D eigenvalue weighted by Crippen LogP contribution is -2.39. The highest BCUT2D eigenvalue weighted by Gasteiger charge is 2.49. The summed E-state index contributed by atoms with van der Waals surface area (Å²) in [5.41, 5.74) is -0.566. The lowest BCUT2D eigenvalue weighted by atomic mass is 9.82. The summed E-state index contributed by atoms with van der Waals surface area (Å²) in [6, 6.07) is 17.9. The summed E-state index contributed by atoms with van der Waals surface area (Å²) in [5, 5.41) is 36.7. The largest absolute Gasteiger partial charge is 0.534 e. The number of carbonyl (C=O) groups excluding carboxylic acids is 2. The summed E-state index contributed by atoms with van der Waals surface area (Å²) in [5.74, 6) is -1.91. The molecular formula is C37H32BCl2F5N10O7S. The number of alkyl halides is 3. The molecule has 2 aliphatic rings. The maximum absolute atomic E-state index is 13.1. The summed E-state index contributed by atoms with van der Waals surface area (Å²) in [6.45, 7) is 1.04. The van der Waals surface area contributed by atoms with Gasteiger partial charge in [-0.15, -0.1) is 5.10 Å². The summed E-state index contributed by atoms with van der Waals surface area (Å²) in [6.07, 6.45) is 3.41. The molecule has 0 bridgehead atoms. The number of H-pyrrole nitrogens is 2. The molecule has 17 nitrogen and oxygen atoms in total. The van der Waals surface area contributed by atoms with E-state index in [9.17, 15) is 40.0 Å². The van der Waals surface area contributed by atoms with Gasteiger partial charge in [0.15, 0.2) is 0 Å². The van der Waals surface area contributed by atoms with Crippen molar-refractivity contribution in [2.24, 2.45) is 0 Å². The zero-order valence-electron chi connectivity index (χ0n) is 32.1. The van der Waals surface area contributed by atoms with E-state index in [0.29, 0.717) is 57.9 Å². The number of nitrogens with zero attached hydrogens (tertiary/aromatic N) is 6. The molecule has 6 heterocycles. The van der Waals surface area contributed by atoms with Gasteiger partial charge in [-0.1, -0.05) is 41.4 Å². The van der Waals surface area contributed by atoms with E-state index < -0.39 is 46.6 Å². The van der Waals surface area contributed by atoms with E-state index in [4.69, 9.17) is 33.2 Å². The van der Waals surface area contributed by atoms with Crippen LogP contribution < -0.4 is 20.3 Å². The van der Waals surface area contributed by atoms with Gasteiger partial charge < -0.3 is 34.7 Å². The summed E-state index contributed by atoms with van der Waals surface area (Å²) < 4.78 is 89.1. The third kappa shape index (κ3) is 12.0. The van der Waals surface area contributed by atoms with E-state index in [1.807, 2.05) is 0 Å². The SMILES string of the molecule is O=C(Nc1cccc(Cl)c1)N1CCc2[nH]nc(-c3ccc(F)nc3)c2C1.O=C(Nc1cccc(Cl)c1)N1CCc2[nH]nc(OS(=O)(=O)C(F)(F)F)c2C1.OB(O)c1ccc(F)nc1. The first kappa shape index (κ1) is 46.2. The number of halogens is 7. The van der Waals surface area contributed by atoms with Crippen molar-refractivity contribution in [2.75, 3.05) is 23.7 Å². The third-order valence-electron chi connectivity index (χ3n) is 9.08. The van der Waals surface area contributed by atoms with Crippen LogP contribution in [0.2, 0.25) is 10.0 Å². The summed E-state index contributed by atoms with van der Waals surface area (Å²) in [4.78, 5) is 34.8. The minimum atomic E-state index is -5.86. The fourth-order valence-corrected chi connectivity index (χ4v) is 6.78. The predicted octanol–water partition coefficient (Wildman–Crippen LogP) is 5.64. The molecule has 4 amide bonds. The topological polar surface area (TPSA) is 232 Å². The molecule has 330 valence electrons. The number of urea groups is 2. The molecule has 63 heavy (non-hydrogen) atoms. The smallest absolute Gasteiger partial charge is 0.423 e. The second kappa shape index (κ2) is 19.8. The Morgan fingerprint density at radius 1 is 0.762 bits per heavy atom. The minimum Gasteiger partial charge on any atom is -0.423 e. The van der Waals surface area contributed by atoms with Gasteiger partial charge in [-0.05, 0) is 54.6 Å². The number of carbonyl (C=O) groups is 2. The molecule has 2 aromatic carbocycles. The van der Waals surface area contributed by atoms with E-state index >= 15 is 0 Å². The number of hydrogen-bond donors (Lipinski definition) is 6. The molecule has 26 heteroatoms. The van der Waals surface area contributed by atoms with Crippen LogP contribution in [0, 0.1) is 11.9 Å². The molecule has 0 unspecified atom stereocenters. The predicted molar refractivity (Wildman–Crippen MR) is 219 cm³/mol. The van der Waals surface area contributed by atoms with Gasteiger partial charge in [-0.3, -0.25) is 10.2 Å². The molecule has 4 aromatic heterocycles. The van der Waals surface area contributed by atoms with Crippen LogP contribution in [0.3, 0.4) is 0 Å². The van der Waals surface area contributed by atoms with Crippen LogP contribution in [0.5, 0.6) is 5.88 Å². The van der Waals surface area contributed by atoms with Gasteiger partial charge in [0.2, 0.25) is 11.9 Å².